The minimum Gasteiger partial charge on any atom is -0.288 e. The number of hydrogen-bond acceptors (Lipinski definition) is 2. The minimum absolute atomic E-state index is 0.277. The van der Waals surface area contributed by atoms with Crippen molar-refractivity contribution in [2.24, 2.45) is 5.92 Å². The summed E-state index contributed by atoms with van der Waals surface area (Å²) in [6.07, 6.45) is 13.5. The van der Waals surface area contributed by atoms with Crippen molar-refractivity contribution >= 4 is 16.9 Å². The molecular formula is C16H32OS. The van der Waals surface area contributed by atoms with E-state index in [9.17, 15) is 4.79 Å². The van der Waals surface area contributed by atoms with Crippen molar-refractivity contribution in [2.75, 3.05) is 5.75 Å². The Morgan fingerprint density at radius 2 is 1.44 bits per heavy atom. The Hall–Kier alpha value is 0.0200. The van der Waals surface area contributed by atoms with E-state index in [2.05, 4.69) is 13.8 Å². The van der Waals surface area contributed by atoms with Gasteiger partial charge < -0.3 is 0 Å². The second-order valence-corrected chi connectivity index (χ2v) is 6.56. The van der Waals surface area contributed by atoms with Gasteiger partial charge in [-0.25, -0.2) is 0 Å². The fourth-order valence-corrected chi connectivity index (χ4v) is 3.06. The molecule has 0 fully saturated rings. The summed E-state index contributed by atoms with van der Waals surface area (Å²) in [5, 5.41) is 0.277. The van der Waals surface area contributed by atoms with Crippen molar-refractivity contribution in [3.63, 3.8) is 0 Å². The van der Waals surface area contributed by atoms with Gasteiger partial charge in [0, 0.05) is 12.7 Å². The highest BCUT2D eigenvalue weighted by molar-refractivity contribution is 8.13. The predicted octanol–water partition coefficient (Wildman–Crippen LogP) is 5.82. The van der Waals surface area contributed by atoms with Crippen LogP contribution in [0.2, 0.25) is 0 Å². The maximum atomic E-state index is 11.0. The van der Waals surface area contributed by atoms with Crippen molar-refractivity contribution in [3.8, 4) is 0 Å². The zero-order valence-electron chi connectivity index (χ0n) is 12.7. The summed E-state index contributed by atoms with van der Waals surface area (Å²) in [6.45, 7) is 6.20. The molecule has 0 aliphatic carbocycles. The fraction of sp³-hybridized carbons (Fsp3) is 0.938. The second-order valence-electron chi connectivity index (χ2n) is 5.37. The van der Waals surface area contributed by atoms with Crippen LogP contribution < -0.4 is 0 Å². The summed E-state index contributed by atoms with van der Waals surface area (Å²) in [5.41, 5.74) is 0. The Kier molecular flexibility index (Phi) is 13.5. The molecule has 0 aromatic carbocycles. The standard InChI is InChI=1S/C16H32OS/c1-4-6-8-9-10-11-13-16(12-7-5-2)14-18-15(3)17/h16H,4-14H2,1-3H3. The molecule has 1 unspecified atom stereocenters. The molecule has 0 saturated carbocycles. The summed E-state index contributed by atoms with van der Waals surface area (Å²) in [5.74, 6) is 1.81. The zero-order chi connectivity index (χ0) is 13.6. The molecule has 0 aromatic rings. The molecule has 0 radical (unpaired) electrons. The SMILES string of the molecule is CCCCCCCCC(CCCC)CSC(C)=O. The summed E-state index contributed by atoms with van der Waals surface area (Å²) >= 11 is 1.52. The summed E-state index contributed by atoms with van der Waals surface area (Å²) in [6, 6.07) is 0. The van der Waals surface area contributed by atoms with Gasteiger partial charge in [-0.3, -0.25) is 4.79 Å². The van der Waals surface area contributed by atoms with Crippen LogP contribution >= 0.6 is 11.8 Å². The smallest absolute Gasteiger partial charge is 0.185 e. The number of carbonyl (C=O) groups is 1. The Morgan fingerprint density at radius 3 is 2.06 bits per heavy atom. The van der Waals surface area contributed by atoms with Crippen LogP contribution in [-0.2, 0) is 4.79 Å². The molecule has 0 amide bonds. The first-order valence-electron chi connectivity index (χ1n) is 7.84. The van der Waals surface area contributed by atoms with E-state index in [0.29, 0.717) is 0 Å². The van der Waals surface area contributed by atoms with Crippen LogP contribution in [0.25, 0.3) is 0 Å². The molecule has 0 rings (SSSR count). The highest BCUT2D eigenvalue weighted by Crippen LogP contribution is 2.22. The maximum absolute atomic E-state index is 11.0. The Morgan fingerprint density at radius 1 is 0.889 bits per heavy atom. The van der Waals surface area contributed by atoms with Crippen molar-refractivity contribution in [1.82, 2.24) is 0 Å². The molecule has 0 N–H and O–H groups in total. The first kappa shape index (κ1) is 18.0. The highest BCUT2D eigenvalue weighted by Gasteiger charge is 2.09. The van der Waals surface area contributed by atoms with E-state index >= 15 is 0 Å². The zero-order valence-corrected chi connectivity index (χ0v) is 13.5. The predicted molar refractivity (Wildman–Crippen MR) is 84.1 cm³/mol. The average molecular weight is 272 g/mol. The molecule has 0 saturated heterocycles. The van der Waals surface area contributed by atoms with Gasteiger partial charge in [-0.1, -0.05) is 77.0 Å². The van der Waals surface area contributed by atoms with E-state index in [-0.39, 0.29) is 5.12 Å². The Labute approximate surface area is 118 Å². The maximum Gasteiger partial charge on any atom is 0.185 e. The van der Waals surface area contributed by atoms with Crippen molar-refractivity contribution in [1.29, 1.82) is 0 Å². The van der Waals surface area contributed by atoms with Crippen LogP contribution in [0, 0.1) is 5.92 Å². The quantitative estimate of drug-likeness (QED) is 0.416. The molecule has 0 aliphatic rings. The van der Waals surface area contributed by atoms with Crippen molar-refractivity contribution < 1.29 is 4.79 Å². The molecular weight excluding hydrogens is 240 g/mol. The summed E-state index contributed by atoms with van der Waals surface area (Å²) < 4.78 is 0. The molecule has 1 atom stereocenters. The molecule has 2 heteroatoms. The Bertz CT molecular complexity index is 192. The molecule has 108 valence electrons. The second kappa shape index (κ2) is 13.5. The first-order chi connectivity index (χ1) is 8.70. The van der Waals surface area contributed by atoms with E-state index in [0.717, 1.165) is 11.7 Å². The third-order valence-corrected chi connectivity index (χ3v) is 4.50. The van der Waals surface area contributed by atoms with Gasteiger partial charge in [0.2, 0.25) is 0 Å². The lowest BCUT2D eigenvalue weighted by atomic mass is 9.97. The number of thioether (sulfide) groups is 1. The van der Waals surface area contributed by atoms with Crippen LogP contribution in [0.1, 0.15) is 85.0 Å². The number of carbonyl (C=O) groups excluding carboxylic acids is 1. The van der Waals surface area contributed by atoms with E-state index in [1.54, 1.807) is 6.92 Å². The third-order valence-electron chi connectivity index (χ3n) is 3.45. The van der Waals surface area contributed by atoms with Gasteiger partial charge in [0.25, 0.3) is 0 Å². The van der Waals surface area contributed by atoms with Crippen LogP contribution in [0.5, 0.6) is 0 Å². The monoisotopic (exact) mass is 272 g/mol. The molecule has 0 bridgehead atoms. The summed E-state index contributed by atoms with van der Waals surface area (Å²) in [4.78, 5) is 11.0. The third kappa shape index (κ3) is 12.5. The van der Waals surface area contributed by atoms with Gasteiger partial charge >= 0.3 is 0 Å². The van der Waals surface area contributed by atoms with Gasteiger partial charge in [0.05, 0.1) is 0 Å². The molecule has 0 spiro atoms. The largest absolute Gasteiger partial charge is 0.288 e. The van der Waals surface area contributed by atoms with Gasteiger partial charge in [-0.2, -0.15) is 0 Å². The van der Waals surface area contributed by atoms with Crippen molar-refractivity contribution in [3.05, 3.63) is 0 Å². The van der Waals surface area contributed by atoms with Crippen LogP contribution in [0.4, 0.5) is 0 Å². The molecule has 18 heavy (non-hydrogen) atoms. The van der Waals surface area contributed by atoms with Gasteiger partial charge in [0.15, 0.2) is 5.12 Å². The summed E-state index contributed by atoms with van der Waals surface area (Å²) in [7, 11) is 0. The molecule has 1 nitrogen and oxygen atoms in total. The Balaban J connectivity index is 3.61. The highest BCUT2D eigenvalue weighted by atomic mass is 32.2. The average Bonchev–Trinajstić information content (AvgIpc) is 2.35. The lowest BCUT2D eigenvalue weighted by molar-refractivity contribution is -0.109. The topological polar surface area (TPSA) is 17.1 Å². The van der Waals surface area contributed by atoms with E-state index < -0.39 is 0 Å². The van der Waals surface area contributed by atoms with Gasteiger partial charge in [0.1, 0.15) is 0 Å². The van der Waals surface area contributed by atoms with Gasteiger partial charge in [-0.05, 0) is 18.8 Å². The van der Waals surface area contributed by atoms with Crippen LogP contribution in [0.15, 0.2) is 0 Å². The lowest BCUT2D eigenvalue weighted by Crippen LogP contribution is -2.05. The normalized spacial score (nSPS) is 12.6. The van der Waals surface area contributed by atoms with E-state index in [1.807, 2.05) is 0 Å². The molecule has 0 heterocycles. The first-order valence-corrected chi connectivity index (χ1v) is 8.82. The fourth-order valence-electron chi connectivity index (χ4n) is 2.25. The van der Waals surface area contributed by atoms with Gasteiger partial charge in [-0.15, -0.1) is 0 Å². The number of hydrogen-bond donors (Lipinski definition) is 0. The van der Waals surface area contributed by atoms with Crippen LogP contribution in [-0.4, -0.2) is 10.9 Å². The van der Waals surface area contributed by atoms with E-state index in [1.165, 1.54) is 76.0 Å². The number of unbranched alkanes of at least 4 members (excludes halogenated alkanes) is 6. The minimum atomic E-state index is 0.277. The van der Waals surface area contributed by atoms with Crippen LogP contribution in [0.3, 0.4) is 0 Å². The lowest BCUT2D eigenvalue weighted by Gasteiger charge is -2.15. The van der Waals surface area contributed by atoms with Crippen molar-refractivity contribution in [2.45, 2.75) is 85.0 Å². The number of rotatable bonds is 12. The van der Waals surface area contributed by atoms with E-state index in [4.69, 9.17) is 0 Å². The molecule has 0 aliphatic heterocycles. The molecule has 0 aromatic heterocycles.